The highest BCUT2D eigenvalue weighted by Crippen LogP contribution is 2.31. The molecule has 3 heterocycles. The van der Waals surface area contributed by atoms with Crippen molar-refractivity contribution in [3.8, 4) is 11.3 Å². The summed E-state index contributed by atoms with van der Waals surface area (Å²) in [7, 11) is 1.82. The van der Waals surface area contributed by atoms with Crippen molar-refractivity contribution in [3.63, 3.8) is 0 Å². The number of hydrogen-bond donors (Lipinski definition) is 2. The summed E-state index contributed by atoms with van der Waals surface area (Å²) < 4.78 is 6.70. The van der Waals surface area contributed by atoms with Crippen LogP contribution < -0.4 is 10.6 Å². The van der Waals surface area contributed by atoms with E-state index < -0.39 is 5.97 Å². The number of hydrogen-bond acceptors (Lipinski definition) is 6. The highest BCUT2D eigenvalue weighted by atomic mass is 16.5. The van der Waals surface area contributed by atoms with Crippen molar-refractivity contribution in [2.24, 2.45) is 7.05 Å². The fourth-order valence-corrected chi connectivity index (χ4v) is 3.03. The van der Waals surface area contributed by atoms with Crippen LogP contribution >= 0.6 is 0 Å². The first-order chi connectivity index (χ1) is 14.1. The largest absolute Gasteiger partial charge is 0.462 e. The van der Waals surface area contributed by atoms with E-state index in [1.54, 1.807) is 23.9 Å². The fraction of sp³-hybridized carbons (Fsp3) is 0.143. The number of esters is 1. The van der Waals surface area contributed by atoms with Gasteiger partial charge in [0.1, 0.15) is 11.6 Å². The molecule has 0 spiro atoms. The number of nitrogens with one attached hydrogen (secondary N) is 2. The number of pyridine rings is 1. The van der Waals surface area contributed by atoms with Gasteiger partial charge in [-0.15, -0.1) is 0 Å². The van der Waals surface area contributed by atoms with Gasteiger partial charge < -0.3 is 15.4 Å². The molecule has 1 amide bonds. The first kappa shape index (κ1) is 18.4. The zero-order valence-electron chi connectivity index (χ0n) is 16.0. The monoisotopic (exact) mass is 389 g/mol. The standard InChI is InChI=1S/C21H19N5O3/c1-3-29-21(28)14-9-15-16(20(27)24-19(15)23-11-14)12-22-18-10-17(25-26(18)2)13-7-5-4-6-8-13/h4-12,22H,3H2,1-2H3,(H,23,24,27). The van der Waals surface area contributed by atoms with E-state index in [9.17, 15) is 9.59 Å². The molecule has 29 heavy (non-hydrogen) atoms. The number of aryl methyl sites for hydroxylation is 1. The molecular formula is C21H19N5O3. The maximum absolute atomic E-state index is 12.4. The van der Waals surface area contributed by atoms with Crippen LogP contribution in [0.15, 0.2) is 54.9 Å². The Kier molecular flexibility index (Phi) is 4.82. The molecule has 1 aliphatic heterocycles. The van der Waals surface area contributed by atoms with Gasteiger partial charge in [0.15, 0.2) is 0 Å². The van der Waals surface area contributed by atoms with Crippen LogP contribution in [-0.4, -0.2) is 33.2 Å². The van der Waals surface area contributed by atoms with Gasteiger partial charge in [0.25, 0.3) is 5.91 Å². The van der Waals surface area contributed by atoms with Crippen molar-refractivity contribution in [2.45, 2.75) is 6.92 Å². The Morgan fingerprint density at radius 3 is 2.83 bits per heavy atom. The summed E-state index contributed by atoms with van der Waals surface area (Å²) in [5.41, 5.74) is 3.02. The minimum Gasteiger partial charge on any atom is -0.462 e. The van der Waals surface area contributed by atoms with E-state index in [-0.39, 0.29) is 12.5 Å². The molecule has 8 heteroatoms. The molecular weight excluding hydrogens is 370 g/mol. The Hall–Kier alpha value is -3.94. The van der Waals surface area contributed by atoms with Crippen LogP contribution in [0.4, 0.5) is 11.6 Å². The van der Waals surface area contributed by atoms with Crippen LogP contribution in [0.2, 0.25) is 0 Å². The lowest BCUT2D eigenvalue weighted by molar-refractivity contribution is -0.110. The van der Waals surface area contributed by atoms with Crippen molar-refractivity contribution in [1.29, 1.82) is 0 Å². The number of benzene rings is 1. The smallest absolute Gasteiger partial charge is 0.339 e. The second kappa shape index (κ2) is 7.59. The molecule has 0 bridgehead atoms. The number of rotatable bonds is 5. The Morgan fingerprint density at radius 1 is 1.28 bits per heavy atom. The van der Waals surface area contributed by atoms with Crippen molar-refractivity contribution in [2.75, 3.05) is 17.2 Å². The lowest BCUT2D eigenvalue weighted by Gasteiger charge is -2.04. The first-order valence-corrected chi connectivity index (χ1v) is 9.12. The zero-order valence-corrected chi connectivity index (χ0v) is 16.0. The van der Waals surface area contributed by atoms with E-state index in [2.05, 4.69) is 20.7 Å². The van der Waals surface area contributed by atoms with E-state index in [1.165, 1.54) is 6.20 Å². The van der Waals surface area contributed by atoms with E-state index in [0.29, 0.717) is 28.3 Å². The summed E-state index contributed by atoms with van der Waals surface area (Å²) in [5.74, 6) is 0.346. The number of aromatic nitrogens is 3. The molecule has 0 unspecified atom stereocenters. The van der Waals surface area contributed by atoms with Crippen LogP contribution in [0.1, 0.15) is 22.8 Å². The van der Waals surface area contributed by atoms with Gasteiger partial charge in [-0.05, 0) is 13.0 Å². The normalized spacial score (nSPS) is 13.9. The average molecular weight is 389 g/mol. The van der Waals surface area contributed by atoms with Gasteiger partial charge in [-0.1, -0.05) is 30.3 Å². The Morgan fingerprint density at radius 2 is 2.07 bits per heavy atom. The molecule has 0 radical (unpaired) electrons. The second-order valence-corrected chi connectivity index (χ2v) is 6.40. The predicted molar refractivity (Wildman–Crippen MR) is 109 cm³/mol. The highest BCUT2D eigenvalue weighted by Gasteiger charge is 2.27. The van der Waals surface area contributed by atoms with Gasteiger partial charge in [-0.2, -0.15) is 5.10 Å². The predicted octanol–water partition coefficient (Wildman–Crippen LogP) is 3.06. The lowest BCUT2D eigenvalue weighted by atomic mass is 10.1. The lowest BCUT2D eigenvalue weighted by Crippen LogP contribution is -2.06. The maximum Gasteiger partial charge on any atom is 0.339 e. The summed E-state index contributed by atoms with van der Waals surface area (Å²) in [6.45, 7) is 2.00. The molecule has 1 aromatic carbocycles. The minimum atomic E-state index is -0.478. The van der Waals surface area contributed by atoms with E-state index >= 15 is 0 Å². The van der Waals surface area contributed by atoms with Crippen LogP contribution in [0.5, 0.6) is 0 Å². The highest BCUT2D eigenvalue weighted by molar-refractivity contribution is 6.31. The van der Waals surface area contributed by atoms with Crippen LogP contribution in [0.3, 0.4) is 0 Å². The van der Waals surface area contributed by atoms with E-state index in [4.69, 9.17) is 4.74 Å². The number of nitrogens with zero attached hydrogens (tertiary/aromatic N) is 3. The van der Waals surface area contributed by atoms with Crippen molar-refractivity contribution < 1.29 is 14.3 Å². The van der Waals surface area contributed by atoms with E-state index in [1.807, 2.05) is 43.4 Å². The van der Waals surface area contributed by atoms with Crippen LogP contribution in [0, 0.1) is 0 Å². The molecule has 2 N–H and O–H groups in total. The quantitative estimate of drug-likeness (QED) is 0.514. The topological polar surface area (TPSA) is 98.1 Å². The molecule has 1 aliphatic rings. The van der Waals surface area contributed by atoms with Gasteiger partial charge in [0, 0.05) is 36.6 Å². The van der Waals surface area contributed by atoms with Crippen LogP contribution in [0.25, 0.3) is 16.8 Å². The number of carbonyl (C=O) groups excluding carboxylic acids is 2. The summed E-state index contributed by atoms with van der Waals surface area (Å²) >= 11 is 0. The summed E-state index contributed by atoms with van der Waals surface area (Å²) in [6.07, 6.45) is 2.98. The summed E-state index contributed by atoms with van der Waals surface area (Å²) in [4.78, 5) is 28.5. The number of fused-ring (bicyclic) bond motifs is 1. The number of anilines is 2. The fourth-order valence-electron chi connectivity index (χ4n) is 3.03. The summed E-state index contributed by atoms with van der Waals surface area (Å²) in [5, 5.41) is 10.3. The SMILES string of the molecule is CCOC(=O)c1cnc2c(c1)C(=CNc1cc(-c3ccccc3)nn1C)C(=O)N2. The molecule has 0 atom stereocenters. The average Bonchev–Trinajstić information content (AvgIpc) is 3.25. The Balaban J connectivity index is 1.62. The number of ether oxygens (including phenoxy) is 1. The van der Waals surface area contributed by atoms with Gasteiger partial charge >= 0.3 is 5.97 Å². The second-order valence-electron chi connectivity index (χ2n) is 6.40. The molecule has 0 fully saturated rings. The molecule has 3 aromatic rings. The molecule has 2 aromatic heterocycles. The third-order valence-corrected chi connectivity index (χ3v) is 4.48. The number of carbonyl (C=O) groups is 2. The van der Waals surface area contributed by atoms with Gasteiger partial charge in [-0.25, -0.2) is 9.78 Å². The van der Waals surface area contributed by atoms with E-state index in [0.717, 1.165) is 11.3 Å². The first-order valence-electron chi connectivity index (χ1n) is 9.12. The zero-order chi connectivity index (χ0) is 20.4. The minimum absolute atomic E-state index is 0.265. The third kappa shape index (κ3) is 3.60. The van der Waals surface area contributed by atoms with Crippen LogP contribution in [-0.2, 0) is 16.6 Å². The van der Waals surface area contributed by atoms with Gasteiger partial charge in [0.05, 0.1) is 23.4 Å². The van der Waals surface area contributed by atoms with Crippen molar-refractivity contribution in [1.82, 2.24) is 14.8 Å². The van der Waals surface area contributed by atoms with Gasteiger partial charge in [-0.3, -0.25) is 9.48 Å². The molecule has 8 nitrogen and oxygen atoms in total. The molecule has 0 saturated carbocycles. The molecule has 146 valence electrons. The third-order valence-electron chi connectivity index (χ3n) is 4.48. The summed E-state index contributed by atoms with van der Waals surface area (Å²) in [6, 6.07) is 13.3. The molecule has 0 saturated heterocycles. The Bertz CT molecular complexity index is 1120. The molecule has 4 rings (SSSR count). The Labute approximate surface area is 167 Å². The number of amides is 1. The maximum atomic E-state index is 12.4. The van der Waals surface area contributed by atoms with Gasteiger partial charge in [0.2, 0.25) is 0 Å². The van der Waals surface area contributed by atoms with Crippen molar-refractivity contribution in [3.05, 3.63) is 66.0 Å². The van der Waals surface area contributed by atoms with Crippen molar-refractivity contribution >= 4 is 29.1 Å². The molecule has 0 aliphatic carbocycles.